The molecule has 0 N–H and O–H groups in total. The summed E-state index contributed by atoms with van der Waals surface area (Å²) < 4.78 is 1.93. The van der Waals surface area contributed by atoms with Crippen molar-refractivity contribution < 1.29 is 9.59 Å². The molecule has 6 heteroatoms. The molecular formula is C22H21N3O2S. The number of nitrogens with zero attached hydrogens (tertiary/aromatic N) is 3. The van der Waals surface area contributed by atoms with E-state index in [0.29, 0.717) is 10.4 Å². The molecule has 1 aliphatic rings. The lowest BCUT2D eigenvalue weighted by molar-refractivity contribution is 0.101. The zero-order chi connectivity index (χ0) is 19.5. The normalized spacial score (nSPS) is 14.5. The van der Waals surface area contributed by atoms with E-state index in [9.17, 15) is 9.59 Å². The van der Waals surface area contributed by atoms with Crippen LogP contribution >= 0.6 is 11.3 Å². The van der Waals surface area contributed by atoms with Crippen molar-refractivity contribution in [2.45, 2.75) is 19.8 Å². The highest BCUT2D eigenvalue weighted by Gasteiger charge is 2.17. The van der Waals surface area contributed by atoms with Gasteiger partial charge in [-0.1, -0.05) is 30.3 Å². The van der Waals surface area contributed by atoms with Gasteiger partial charge < -0.3 is 4.90 Å². The molecule has 0 spiro atoms. The van der Waals surface area contributed by atoms with Gasteiger partial charge in [0.2, 0.25) is 0 Å². The number of hydrogen-bond acceptors (Lipinski definition) is 3. The van der Waals surface area contributed by atoms with Crippen molar-refractivity contribution in [2.75, 3.05) is 13.1 Å². The molecule has 0 unspecified atom stereocenters. The fourth-order valence-electron chi connectivity index (χ4n) is 3.34. The first-order valence-corrected chi connectivity index (χ1v) is 10.2. The second-order valence-electron chi connectivity index (χ2n) is 6.83. The minimum Gasteiger partial charge on any atom is -0.323 e. The average molecular weight is 391 g/mol. The number of benzene rings is 2. The Balaban J connectivity index is 1.62. The Morgan fingerprint density at radius 2 is 1.75 bits per heavy atom. The summed E-state index contributed by atoms with van der Waals surface area (Å²) in [4.78, 5) is 30.8. The first-order valence-electron chi connectivity index (χ1n) is 9.33. The van der Waals surface area contributed by atoms with Crippen LogP contribution in [0, 0.1) is 0 Å². The van der Waals surface area contributed by atoms with Gasteiger partial charge in [0.15, 0.2) is 10.6 Å². The molecule has 3 aromatic rings. The van der Waals surface area contributed by atoms with E-state index >= 15 is 0 Å². The zero-order valence-electron chi connectivity index (χ0n) is 15.7. The van der Waals surface area contributed by atoms with E-state index in [4.69, 9.17) is 0 Å². The summed E-state index contributed by atoms with van der Waals surface area (Å²) in [6, 6.07) is 15.5. The Morgan fingerprint density at radius 3 is 2.46 bits per heavy atom. The Hall–Kier alpha value is -2.99. The number of likely N-dealkylation sites (tertiary alicyclic amines) is 1. The average Bonchev–Trinajstić information content (AvgIpc) is 3.40. The van der Waals surface area contributed by atoms with Gasteiger partial charge >= 0.3 is 6.03 Å². The molecule has 0 radical (unpaired) electrons. The van der Waals surface area contributed by atoms with Crippen LogP contribution in [0.15, 0.2) is 65.1 Å². The van der Waals surface area contributed by atoms with Crippen LogP contribution in [-0.4, -0.2) is 34.4 Å². The van der Waals surface area contributed by atoms with Crippen LogP contribution in [0.25, 0.3) is 16.8 Å². The molecule has 28 heavy (non-hydrogen) atoms. The maximum atomic E-state index is 12.3. The molecule has 1 aliphatic heterocycles. The number of aromatic nitrogens is 1. The predicted octanol–water partition coefficient (Wildman–Crippen LogP) is 4.52. The number of ketones is 1. The van der Waals surface area contributed by atoms with Crippen LogP contribution in [0.4, 0.5) is 4.79 Å². The van der Waals surface area contributed by atoms with Gasteiger partial charge in [0.05, 0.1) is 0 Å². The van der Waals surface area contributed by atoms with Crippen molar-refractivity contribution >= 4 is 23.2 Å². The Labute approximate surface area is 167 Å². The fourth-order valence-corrected chi connectivity index (χ4v) is 4.06. The van der Waals surface area contributed by atoms with E-state index in [0.717, 1.165) is 42.7 Å². The summed E-state index contributed by atoms with van der Waals surface area (Å²) in [5, 5.41) is 1.93. The number of urea groups is 1. The second-order valence-corrected chi connectivity index (χ2v) is 7.70. The van der Waals surface area contributed by atoms with Crippen molar-refractivity contribution in [3.05, 3.63) is 70.5 Å². The predicted molar refractivity (Wildman–Crippen MR) is 111 cm³/mol. The summed E-state index contributed by atoms with van der Waals surface area (Å²) in [5.41, 5.74) is 3.69. The topological polar surface area (TPSA) is 54.7 Å². The number of thiazole rings is 1. The molecule has 1 fully saturated rings. The van der Waals surface area contributed by atoms with E-state index in [-0.39, 0.29) is 11.8 Å². The third kappa shape index (κ3) is 3.82. The molecule has 0 atom stereocenters. The molecule has 0 bridgehead atoms. The lowest BCUT2D eigenvalue weighted by Gasteiger charge is -2.11. The van der Waals surface area contributed by atoms with E-state index in [1.54, 1.807) is 11.8 Å². The van der Waals surface area contributed by atoms with Gasteiger partial charge in [-0.15, -0.1) is 11.3 Å². The first kappa shape index (κ1) is 18.4. The Kier molecular flexibility index (Phi) is 5.21. The van der Waals surface area contributed by atoms with Crippen molar-refractivity contribution in [1.29, 1.82) is 0 Å². The van der Waals surface area contributed by atoms with Crippen molar-refractivity contribution in [3.63, 3.8) is 0 Å². The summed E-state index contributed by atoms with van der Waals surface area (Å²) in [5.74, 6) is 0.0567. The molecule has 2 amide bonds. The molecule has 4 rings (SSSR count). The number of amides is 2. The lowest BCUT2D eigenvalue weighted by atomic mass is 10.0. The molecule has 142 valence electrons. The minimum absolute atomic E-state index is 0.0567. The van der Waals surface area contributed by atoms with Crippen LogP contribution in [0.3, 0.4) is 0 Å². The number of hydrogen-bond donors (Lipinski definition) is 0. The van der Waals surface area contributed by atoms with E-state index in [2.05, 4.69) is 4.99 Å². The molecule has 2 aromatic carbocycles. The van der Waals surface area contributed by atoms with Crippen LogP contribution < -0.4 is 4.80 Å². The number of carbonyl (C=O) groups is 2. The molecular weight excluding hydrogens is 370 g/mol. The smallest absolute Gasteiger partial charge is 0.323 e. The maximum Gasteiger partial charge on any atom is 0.346 e. The third-order valence-electron chi connectivity index (χ3n) is 4.91. The molecule has 1 aromatic heterocycles. The quantitative estimate of drug-likeness (QED) is 0.616. The van der Waals surface area contributed by atoms with E-state index in [1.165, 1.54) is 11.3 Å². The molecule has 0 saturated carbocycles. The van der Waals surface area contributed by atoms with Gasteiger partial charge in [-0.25, -0.2) is 4.79 Å². The first-order chi connectivity index (χ1) is 13.6. The van der Waals surface area contributed by atoms with Gasteiger partial charge in [-0.2, -0.15) is 4.99 Å². The van der Waals surface area contributed by atoms with Crippen molar-refractivity contribution in [3.8, 4) is 16.8 Å². The van der Waals surface area contributed by atoms with Crippen LogP contribution in [-0.2, 0) is 0 Å². The summed E-state index contributed by atoms with van der Waals surface area (Å²) in [6.07, 6.45) is 4.03. The highest BCUT2D eigenvalue weighted by Crippen LogP contribution is 2.22. The summed E-state index contributed by atoms with van der Waals surface area (Å²) >= 11 is 1.45. The summed E-state index contributed by atoms with van der Waals surface area (Å²) in [6.45, 7) is 3.16. The van der Waals surface area contributed by atoms with Crippen molar-refractivity contribution in [1.82, 2.24) is 9.47 Å². The van der Waals surface area contributed by atoms with Crippen LogP contribution in [0.5, 0.6) is 0 Å². The molecule has 0 aliphatic carbocycles. The zero-order valence-corrected chi connectivity index (χ0v) is 16.5. The van der Waals surface area contributed by atoms with E-state index < -0.39 is 0 Å². The minimum atomic E-state index is -0.161. The van der Waals surface area contributed by atoms with Gasteiger partial charge in [0.1, 0.15) is 0 Å². The highest BCUT2D eigenvalue weighted by molar-refractivity contribution is 7.07. The fraction of sp³-hybridized carbons (Fsp3) is 0.227. The van der Waals surface area contributed by atoms with E-state index in [1.807, 2.05) is 64.7 Å². The molecule has 1 saturated heterocycles. The Morgan fingerprint density at radius 1 is 1.00 bits per heavy atom. The third-order valence-corrected chi connectivity index (χ3v) is 5.66. The van der Waals surface area contributed by atoms with Gasteiger partial charge in [-0.3, -0.25) is 9.36 Å². The lowest BCUT2D eigenvalue weighted by Crippen LogP contribution is -2.27. The molecule has 2 heterocycles. The number of Topliss-reactive ketones (excluding diaryl/α,β-unsaturated/α-hetero) is 1. The van der Waals surface area contributed by atoms with Crippen LogP contribution in [0.1, 0.15) is 30.1 Å². The second kappa shape index (κ2) is 7.94. The van der Waals surface area contributed by atoms with Gasteiger partial charge in [0.25, 0.3) is 0 Å². The van der Waals surface area contributed by atoms with Gasteiger partial charge in [-0.05, 0) is 49.1 Å². The van der Waals surface area contributed by atoms with Crippen molar-refractivity contribution in [2.24, 2.45) is 4.99 Å². The van der Waals surface area contributed by atoms with Gasteiger partial charge in [0, 0.05) is 35.9 Å². The number of rotatable bonds is 3. The SMILES string of the molecule is CC(=O)c1cccc(-c2ccc(-n3ccs/c3=N\C(=O)N3CCCC3)cc2)c1. The largest absolute Gasteiger partial charge is 0.346 e. The standard InChI is InChI=1S/C22H21N3O2S/c1-16(26)18-5-4-6-19(15-18)17-7-9-20(10-8-17)25-13-14-28-22(25)23-21(27)24-11-2-3-12-24/h4-10,13-15H,2-3,11-12H2,1H3/b23-22-. The monoisotopic (exact) mass is 391 g/mol. The number of carbonyl (C=O) groups excluding carboxylic acids is 2. The highest BCUT2D eigenvalue weighted by atomic mass is 32.1. The summed E-state index contributed by atoms with van der Waals surface area (Å²) in [7, 11) is 0. The molecule has 5 nitrogen and oxygen atoms in total. The Bertz CT molecular complexity index is 1070. The van der Waals surface area contributed by atoms with Crippen LogP contribution in [0.2, 0.25) is 0 Å². The maximum absolute atomic E-state index is 12.3.